The van der Waals surface area contributed by atoms with Gasteiger partial charge in [0.05, 0.1) is 0 Å². The highest BCUT2D eigenvalue weighted by atomic mass is 16.1. The molecule has 0 aliphatic carbocycles. The maximum Gasteiger partial charge on any atom is 0.246 e. The second kappa shape index (κ2) is 5.83. The van der Waals surface area contributed by atoms with E-state index in [1.807, 2.05) is 38.1 Å². The van der Waals surface area contributed by atoms with E-state index < -0.39 is 0 Å². The molecule has 0 aromatic heterocycles. The molecule has 0 heterocycles. The molecule has 0 aliphatic heterocycles. The molecule has 0 aliphatic rings. The molecular weight excluding hydrogens is 238 g/mol. The van der Waals surface area contributed by atoms with Crippen LogP contribution in [0.3, 0.4) is 0 Å². The number of hydrogen-bond donors (Lipinski definition) is 1. The number of rotatable bonds is 5. The van der Waals surface area contributed by atoms with Crippen LogP contribution in [0.5, 0.6) is 0 Å². The van der Waals surface area contributed by atoms with Crippen LogP contribution in [0.4, 0.5) is 0 Å². The molecule has 1 aromatic rings. The van der Waals surface area contributed by atoms with Crippen LogP contribution < -0.4 is 5.32 Å². The molecule has 1 N–H and O–H groups in total. The minimum absolute atomic E-state index is 0.0568. The van der Waals surface area contributed by atoms with Gasteiger partial charge in [-0.15, -0.1) is 0 Å². The van der Waals surface area contributed by atoms with E-state index in [1.165, 1.54) is 0 Å². The van der Waals surface area contributed by atoms with E-state index in [4.69, 9.17) is 0 Å². The molecule has 102 valence electrons. The smallest absolute Gasteiger partial charge is 0.246 e. The number of carbonyl (C=O) groups is 2. The Morgan fingerprint density at radius 1 is 1.16 bits per heavy atom. The summed E-state index contributed by atoms with van der Waals surface area (Å²) in [7, 11) is 0. The van der Waals surface area contributed by atoms with E-state index in [2.05, 4.69) is 11.9 Å². The molecule has 0 fully saturated rings. The number of nitrogens with one attached hydrogen (secondary N) is 1. The third kappa shape index (κ3) is 4.70. The SMILES string of the molecule is C=C(C)C(=O)NC(C)(C)Cc1ccc(C(C)=O)cc1. The van der Waals surface area contributed by atoms with E-state index in [0.717, 1.165) is 5.56 Å². The molecule has 0 atom stereocenters. The predicted molar refractivity (Wildman–Crippen MR) is 77.2 cm³/mol. The summed E-state index contributed by atoms with van der Waals surface area (Å²) in [5, 5.41) is 2.94. The van der Waals surface area contributed by atoms with Gasteiger partial charge in [-0.2, -0.15) is 0 Å². The maximum atomic E-state index is 11.6. The second-order valence-electron chi connectivity index (χ2n) is 5.55. The highest BCUT2D eigenvalue weighted by Crippen LogP contribution is 2.14. The van der Waals surface area contributed by atoms with Gasteiger partial charge in [0.15, 0.2) is 5.78 Å². The molecule has 1 aromatic carbocycles. The minimum Gasteiger partial charge on any atom is -0.347 e. The van der Waals surface area contributed by atoms with Crippen molar-refractivity contribution in [3.63, 3.8) is 0 Å². The second-order valence-corrected chi connectivity index (χ2v) is 5.55. The van der Waals surface area contributed by atoms with Crippen LogP contribution in [0, 0.1) is 0 Å². The molecule has 1 rings (SSSR count). The number of Topliss-reactive ketones (excluding diaryl/α,β-unsaturated/α-hetero) is 1. The quantitative estimate of drug-likeness (QED) is 0.653. The summed E-state index contributed by atoms with van der Waals surface area (Å²) in [4.78, 5) is 22.8. The van der Waals surface area contributed by atoms with Crippen LogP contribution in [-0.4, -0.2) is 17.2 Å². The van der Waals surface area contributed by atoms with E-state index in [1.54, 1.807) is 13.8 Å². The Morgan fingerprint density at radius 2 is 1.68 bits per heavy atom. The Morgan fingerprint density at radius 3 is 2.11 bits per heavy atom. The fraction of sp³-hybridized carbons (Fsp3) is 0.375. The lowest BCUT2D eigenvalue weighted by molar-refractivity contribution is -0.118. The summed E-state index contributed by atoms with van der Waals surface area (Å²) in [6.45, 7) is 10.8. The fourth-order valence-electron chi connectivity index (χ4n) is 1.83. The van der Waals surface area contributed by atoms with Gasteiger partial charge in [0.2, 0.25) is 5.91 Å². The van der Waals surface area contributed by atoms with Gasteiger partial charge in [-0.3, -0.25) is 9.59 Å². The zero-order chi connectivity index (χ0) is 14.6. The van der Waals surface area contributed by atoms with Gasteiger partial charge in [-0.25, -0.2) is 0 Å². The van der Waals surface area contributed by atoms with Crippen LogP contribution in [0.2, 0.25) is 0 Å². The summed E-state index contributed by atoms with van der Waals surface area (Å²) in [5.74, 6) is -0.0771. The zero-order valence-electron chi connectivity index (χ0n) is 12.0. The number of amides is 1. The van der Waals surface area contributed by atoms with Crippen LogP contribution in [-0.2, 0) is 11.2 Å². The van der Waals surface area contributed by atoms with Crippen LogP contribution in [0.25, 0.3) is 0 Å². The molecule has 3 heteroatoms. The largest absolute Gasteiger partial charge is 0.347 e. The van der Waals surface area contributed by atoms with Gasteiger partial charge in [-0.05, 0) is 39.7 Å². The molecule has 1 amide bonds. The normalized spacial score (nSPS) is 10.9. The Balaban J connectivity index is 2.75. The number of benzene rings is 1. The molecule has 0 spiro atoms. The molecule has 0 saturated carbocycles. The lowest BCUT2D eigenvalue weighted by Crippen LogP contribution is -2.45. The van der Waals surface area contributed by atoms with Crippen molar-refractivity contribution < 1.29 is 9.59 Å². The Bertz CT molecular complexity index is 498. The van der Waals surface area contributed by atoms with Crippen molar-refractivity contribution in [1.29, 1.82) is 0 Å². The van der Waals surface area contributed by atoms with E-state index in [0.29, 0.717) is 17.6 Å². The van der Waals surface area contributed by atoms with Gasteiger partial charge in [0.1, 0.15) is 0 Å². The number of ketones is 1. The van der Waals surface area contributed by atoms with Crippen molar-refractivity contribution in [2.75, 3.05) is 0 Å². The molecule has 0 saturated heterocycles. The van der Waals surface area contributed by atoms with Gasteiger partial charge < -0.3 is 5.32 Å². The summed E-state index contributed by atoms with van der Waals surface area (Å²) < 4.78 is 0. The molecule has 3 nitrogen and oxygen atoms in total. The Hall–Kier alpha value is -1.90. The van der Waals surface area contributed by atoms with Crippen molar-refractivity contribution in [3.8, 4) is 0 Å². The molecule has 0 unspecified atom stereocenters. The zero-order valence-corrected chi connectivity index (χ0v) is 12.0. The standard InChI is InChI=1S/C16H21NO2/c1-11(2)15(19)17-16(4,5)10-13-6-8-14(9-7-13)12(3)18/h6-9H,1,10H2,2-5H3,(H,17,19). The summed E-state index contributed by atoms with van der Waals surface area (Å²) in [6, 6.07) is 7.47. The maximum absolute atomic E-state index is 11.6. The third-order valence-corrected chi connectivity index (χ3v) is 2.85. The Labute approximate surface area is 114 Å². The number of carbonyl (C=O) groups excluding carboxylic acids is 2. The molecular formula is C16H21NO2. The first-order chi connectivity index (χ1) is 8.71. The topological polar surface area (TPSA) is 46.2 Å². The average Bonchev–Trinajstić information content (AvgIpc) is 2.28. The Kier molecular flexibility index (Phi) is 4.65. The summed E-state index contributed by atoms with van der Waals surface area (Å²) in [5.41, 5.74) is 1.93. The summed E-state index contributed by atoms with van der Waals surface area (Å²) in [6.07, 6.45) is 0.699. The van der Waals surface area contributed by atoms with Gasteiger partial charge >= 0.3 is 0 Å². The highest BCUT2D eigenvalue weighted by molar-refractivity contribution is 5.94. The first-order valence-electron chi connectivity index (χ1n) is 6.29. The van der Waals surface area contributed by atoms with Crippen molar-refractivity contribution >= 4 is 11.7 Å². The fourth-order valence-corrected chi connectivity index (χ4v) is 1.83. The molecule has 0 radical (unpaired) electrons. The van der Waals surface area contributed by atoms with Gasteiger partial charge in [-0.1, -0.05) is 30.8 Å². The lowest BCUT2D eigenvalue weighted by atomic mass is 9.93. The van der Waals surface area contributed by atoms with Gasteiger partial charge in [0.25, 0.3) is 0 Å². The van der Waals surface area contributed by atoms with Crippen molar-refractivity contribution in [2.45, 2.75) is 39.7 Å². The lowest BCUT2D eigenvalue weighted by Gasteiger charge is -2.26. The first-order valence-corrected chi connectivity index (χ1v) is 6.29. The van der Waals surface area contributed by atoms with Crippen LogP contribution >= 0.6 is 0 Å². The average molecular weight is 259 g/mol. The van der Waals surface area contributed by atoms with E-state index in [9.17, 15) is 9.59 Å². The molecule has 0 bridgehead atoms. The van der Waals surface area contributed by atoms with Crippen molar-refractivity contribution in [2.24, 2.45) is 0 Å². The van der Waals surface area contributed by atoms with Crippen LogP contribution in [0.1, 0.15) is 43.6 Å². The predicted octanol–water partition coefficient (Wildman–Crippen LogP) is 2.90. The number of hydrogen-bond acceptors (Lipinski definition) is 2. The molecule has 19 heavy (non-hydrogen) atoms. The highest BCUT2D eigenvalue weighted by Gasteiger charge is 2.21. The first kappa shape index (κ1) is 15.2. The van der Waals surface area contributed by atoms with Crippen LogP contribution in [0.15, 0.2) is 36.4 Å². The monoisotopic (exact) mass is 259 g/mol. The third-order valence-electron chi connectivity index (χ3n) is 2.85. The van der Waals surface area contributed by atoms with Gasteiger partial charge in [0, 0.05) is 16.7 Å². The van der Waals surface area contributed by atoms with Crippen molar-refractivity contribution in [1.82, 2.24) is 5.32 Å². The minimum atomic E-state index is -0.353. The van der Waals surface area contributed by atoms with Crippen molar-refractivity contribution in [3.05, 3.63) is 47.5 Å². The van der Waals surface area contributed by atoms with E-state index in [-0.39, 0.29) is 17.2 Å². The summed E-state index contributed by atoms with van der Waals surface area (Å²) >= 11 is 0. The van der Waals surface area contributed by atoms with E-state index >= 15 is 0 Å².